The van der Waals surface area contributed by atoms with Crippen LogP contribution < -0.4 is 10.6 Å². The molecule has 1 aliphatic heterocycles. The third kappa shape index (κ3) is 5.17. The smallest absolute Gasteiger partial charge is 0.238 e. The lowest BCUT2D eigenvalue weighted by Gasteiger charge is -2.37. The van der Waals surface area contributed by atoms with Crippen LogP contribution in [0.3, 0.4) is 0 Å². The Kier molecular flexibility index (Phi) is 7.51. The molecule has 0 bridgehead atoms. The van der Waals surface area contributed by atoms with Crippen LogP contribution in [0.5, 0.6) is 0 Å². The lowest BCUT2D eigenvalue weighted by atomic mass is 9.62. The maximum Gasteiger partial charge on any atom is 0.238 e. The van der Waals surface area contributed by atoms with Crippen molar-refractivity contribution in [3.8, 4) is 6.07 Å². The van der Waals surface area contributed by atoms with E-state index in [2.05, 4.69) is 37.3 Å². The van der Waals surface area contributed by atoms with Crippen molar-refractivity contribution in [2.45, 2.75) is 57.2 Å². The summed E-state index contributed by atoms with van der Waals surface area (Å²) in [7, 11) is 0. The number of rotatable bonds is 6. The summed E-state index contributed by atoms with van der Waals surface area (Å²) in [6, 6.07) is 8.82. The molecule has 4 atom stereocenters. The second-order valence-electron chi connectivity index (χ2n) is 10.2. The fraction of sp³-hybridized carbons (Fsp3) is 0.400. The van der Waals surface area contributed by atoms with Crippen LogP contribution in [0.25, 0.3) is 0 Å². The van der Waals surface area contributed by atoms with E-state index in [9.17, 15) is 10.1 Å². The Bertz CT molecular complexity index is 1340. The molecule has 4 rings (SSSR count). The molecule has 12 heteroatoms. The van der Waals surface area contributed by atoms with Crippen molar-refractivity contribution in [1.29, 1.82) is 5.26 Å². The Balaban J connectivity index is 1.92. The number of benzene rings is 2. The van der Waals surface area contributed by atoms with Gasteiger partial charge >= 0.3 is 0 Å². The van der Waals surface area contributed by atoms with E-state index in [1.54, 1.807) is 0 Å². The van der Waals surface area contributed by atoms with E-state index in [0.717, 1.165) is 6.07 Å². The first kappa shape index (κ1) is 26.9. The number of H-pyrrole nitrogens is 1. The summed E-state index contributed by atoms with van der Waals surface area (Å²) in [4.78, 5) is 13.6. The molecule has 37 heavy (non-hydrogen) atoms. The van der Waals surface area contributed by atoms with Crippen molar-refractivity contribution in [2.24, 2.45) is 5.41 Å². The highest BCUT2D eigenvalue weighted by molar-refractivity contribution is 6.31. The van der Waals surface area contributed by atoms with Gasteiger partial charge in [-0.3, -0.25) is 4.79 Å². The van der Waals surface area contributed by atoms with Gasteiger partial charge in [0.2, 0.25) is 5.91 Å². The number of aromatic nitrogens is 4. The molecular formula is C25H25Cl2F2N7O. The van der Waals surface area contributed by atoms with Crippen molar-refractivity contribution < 1.29 is 13.6 Å². The van der Waals surface area contributed by atoms with Crippen molar-refractivity contribution in [1.82, 2.24) is 31.3 Å². The Hall–Kier alpha value is -3.13. The van der Waals surface area contributed by atoms with E-state index < -0.39 is 41.0 Å². The maximum atomic E-state index is 15.6. The molecule has 0 radical (unpaired) electrons. The van der Waals surface area contributed by atoms with E-state index >= 15 is 8.78 Å². The Morgan fingerprint density at radius 3 is 2.62 bits per heavy atom. The summed E-state index contributed by atoms with van der Waals surface area (Å²) < 4.78 is 31.1. The molecule has 0 aliphatic carbocycles. The lowest BCUT2D eigenvalue weighted by molar-refractivity contribution is -0.123. The minimum absolute atomic E-state index is 0.0130. The maximum absolute atomic E-state index is 15.6. The summed E-state index contributed by atoms with van der Waals surface area (Å²) in [6.07, 6.45) is 0.371. The van der Waals surface area contributed by atoms with E-state index in [1.165, 1.54) is 30.3 Å². The molecule has 1 saturated heterocycles. The number of hydrogen-bond donors (Lipinski definition) is 3. The third-order valence-electron chi connectivity index (χ3n) is 6.54. The Labute approximate surface area is 222 Å². The number of nitrogens with zero attached hydrogens (tertiary/aromatic N) is 4. The first-order valence-electron chi connectivity index (χ1n) is 11.5. The standard InChI is InChI=1S/C25H25Cl2F2N7O/c1-24(2,3)10-18-25(12-30,15-8-7-13(26)9-17(15)28)20(14-5-4-6-16(27)21(14)29)22(32-18)23(37)31-11-19-33-35-36-34-19/h4-9,18,20,22,32H,10-11H2,1-3H3,(H,31,37)(H,33,34,35,36). The second kappa shape index (κ2) is 10.3. The number of halogens is 4. The van der Waals surface area contributed by atoms with Crippen molar-refractivity contribution in [3.05, 3.63) is 75.0 Å². The molecule has 1 aromatic heterocycles. The molecule has 1 aliphatic rings. The molecule has 3 N–H and O–H groups in total. The molecule has 1 amide bonds. The second-order valence-corrected chi connectivity index (χ2v) is 11.1. The highest BCUT2D eigenvalue weighted by atomic mass is 35.5. The van der Waals surface area contributed by atoms with Crippen molar-refractivity contribution >= 4 is 29.1 Å². The molecule has 194 valence electrons. The largest absolute Gasteiger partial charge is 0.347 e. The molecule has 1 fully saturated rings. The van der Waals surface area contributed by atoms with Gasteiger partial charge in [-0.15, -0.1) is 10.2 Å². The Morgan fingerprint density at radius 2 is 2.00 bits per heavy atom. The summed E-state index contributed by atoms with van der Waals surface area (Å²) in [6.45, 7) is 5.84. The topological polar surface area (TPSA) is 119 Å². The number of carbonyl (C=O) groups excluding carboxylic acids is 1. The third-order valence-corrected chi connectivity index (χ3v) is 7.07. The summed E-state index contributed by atoms with van der Waals surface area (Å²) in [5, 5.41) is 30.1. The zero-order chi connectivity index (χ0) is 27.0. The molecule has 3 aromatic rings. The molecule has 0 spiro atoms. The predicted octanol–water partition coefficient (Wildman–Crippen LogP) is 4.42. The van der Waals surface area contributed by atoms with Crippen LogP contribution in [0, 0.1) is 28.4 Å². The van der Waals surface area contributed by atoms with Gasteiger partial charge in [0.05, 0.1) is 23.7 Å². The SMILES string of the molecule is CC(C)(C)CC1NC(C(=O)NCc2nn[nH]n2)C(c2cccc(Cl)c2F)C1(C#N)c1ccc(Cl)cc1F. The highest BCUT2D eigenvalue weighted by Crippen LogP contribution is 2.52. The van der Waals surface area contributed by atoms with Crippen LogP contribution in [-0.4, -0.2) is 38.6 Å². The molecular weight excluding hydrogens is 523 g/mol. The van der Waals surface area contributed by atoms with Gasteiger partial charge in [0.15, 0.2) is 5.82 Å². The van der Waals surface area contributed by atoms with Crippen molar-refractivity contribution in [3.63, 3.8) is 0 Å². The zero-order valence-electron chi connectivity index (χ0n) is 20.3. The summed E-state index contributed by atoms with van der Waals surface area (Å²) >= 11 is 12.2. The van der Waals surface area contributed by atoms with E-state index in [0.29, 0.717) is 6.42 Å². The van der Waals surface area contributed by atoms with Crippen LogP contribution in [0.4, 0.5) is 8.78 Å². The van der Waals surface area contributed by atoms with E-state index in [4.69, 9.17) is 23.2 Å². The van der Waals surface area contributed by atoms with E-state index in [1.807, 2.05) is 20.8 Å². The first-order valence-corrected chi connectivity index (χ1v) is 12.3. The van der Waals surface area contributed by atoms with Crippen molar-refractivity contribution in [2.75, 3.05) is 0 Å². The molecule has 2 aromatic carbocycles. The highest BCUT2D eigenvalue weighted by Gasteiger charge is 2.61. The fourth-order valence-electron chi connectivity index (χ4n) is 5.09. The number of nitriles is 1. The van der Waals surface area contributed by atoms with Gasteiger partial charge in [0.1, 0.15) is 17.0 Å². The van der Waals surface area contributed by atoms with Crippen LogP contribution in [0.15, 0.2) is 36.4 Å². The van der Waals surface area contributed by atoms with Gasteiger partial charge in [0.25, 0.3) is 0 Å². The average molecular weight is 548 g/mol. The van der Waals surface area contributed by atoms with Gasteiger partial charge in [-0.05, 0) is 35.6 Å². The van der Waals surface area contributed by atoms with Crippen LogP contribution >= 0.6 is 23.2 Å². The molecule has 8 nitrogen and oxygen atoms in total. The quantitative estimate of drug-likeness (QED) is 0.420. The van der Waals surface area contributed by atoms with Gasteiger partial charge in [-0.25, -0.2) is 8.78 Å². The van der Waals surface area contributed by atoms with Gasteiger partial charge in [-0.2, -0.15) is 10.5 Å². The Morgan fingerprint density at radius 1 is 1.24 bits per heavy atom. The summed E-state index contributed by atoms with van der Waals surface area (Å²) in [5.74, 6) is -2.96. The monoisotopic (exact) mass is 547 g/mol. The minimum Gasteiger partial charge on any atom is -0.347 e. The van der Waals surface area contributed by atoms with Gasteiger partial charge in [0, 0.05) is 22.5 Å². The zero-order valence-corrected chi connectivity index (χ0v) is 21.8. The number of hydrogen-bond acceptors (Lipinski definition) is 6. The summed E-state index contributed by atoms with van der Waals surface area (Å²) in [5.41, 5.74) is -2.00. The number of amides is 1. The minimum atomic E-state index is -1.69. The molecule has 2 heterocycles. The first-order chi connectivity index (χ1) is 17.5. The lowest BCUT2D eigenvalue weighted by Crippen LogP contribution is -2.45. The van der Waals surface area contributed by atoms with Gasteiger partial charge in [-0.1, -0.05) is 67.4 Å². The number of aromatic amines is 1. The predicted molar refractivity (Wildman–Crippen MR) is 134 cm³/mol. The molecule has 4 unspecified atom stereocenters. The fourth-order valence-corrected chi connectivity index (χ4v) is 5.43. The van der Waals surface area contributed by atoms with Crippen LogP contribution in [0.1, 0.15) is 50.1 Å². The average Bonchev–Trinajstić information content (AvgIpc) is 3.45. The van der Waals surface area contributed by atoms with Gasteiger partial charge < -0.3 is 10.6 Å². The van der Waals surface area contributed by atoms with Crippen LogP contribution in [0.2, 0.25) is 10.0 Å². The number of tetrazole rings is 1. The number of nitrogens with one attached hydrogen (secondary N) is 3. The number of carbonyl (C=O) groups is 1. The molecule has 0 saturated carbocycles. The van der Waals surface area contributed by atoms with Crippen LogP contribution in [-0.2, 0) is 16.8 Å². The normalized spacial score (nSPS) is 23.6. The van der Waals surface area contributed by atoms with E-state index in [-0.39, 0.29) is 39.0 Å².